The summed E-state index contributed by atoms with van der Waals surface area (Å²) >= 11 is 0. The van der Waals surface area contributed by atoms with E-state index in [1.165, 1.54) is 0 Å². The molecule has 2 aromatic rings. The Kier molecular flexibility index (Phi) is 4.75. The summed E-state index contributed by atoms with van der Waals surface area (Å²) in [5.41, 5.74) is 0.886. The van der Waals surface area contributed by atoms with E-state index in [-0.39, 0.29) is 12.0 Å². The number of aromatic nitrogens is 3. The number of nitriles is 1. The first-order valence-electron chi connectivity index (χ1n) is 8.04. The van der Waals surface area contributed by atoms with Gasteiger partial charge in [0.2, 0.25) is 0 Å². The summed E-state index contributed by atoms with van der Waals surface area (Å²) in [6, 6.07) is 7.69. The van der Waals surface area contributed by atoms with Gasteiger partial charge in [-0.25, -0.2) is 9.78 Å². The van der Waals surface area contributed by atoms with Gasteiger partial charge in [-0.05, 0) is 31.9 Å². The highest BCUT2D eigenvalue weighted by molar-refractivity contribution is 5.88. The number of anilines is 1. The Bertz CT molecular complexity index is 764. The van der Waals surface area contributed by atoms with Gasteiger partial charge in [0.25, 0.3) is 0 Å². The number of ether oxygens (including phenoxy) is 1. The minimum Gasteiger partial charge on any atom is -0.462 e. The zero-order chi connectivity index (χ0) is 16.9. The molecule has 0 N–H and O–H groups in total. The zero-order valence-corrected chi connectivity index (χ0v) is 13.6. The van der Waals surface area contributed by atoms with E-state index in [0.717, 1.165) is 31.7 Å². The minimum absolute atomic E-state index is 0.162. The summed E-state index contributed by atoms with van der Waals surface area (Å²) in [6.07, 6.45) is 5.27. The highest BCUT2D eigenvalue weighted by atomic mass is 16.5. The fourth-order valence-electron chi connectivity index (χ4n) is 2.90. The second-order valence-electron chi connectivity index (χ2n) is 5.66. The molecule has 7 heteroatoms. The molecule has 0 amide bonds. The van der Waals surface area contributed by atoms with Crippen LogP contribution in [0.2, 0.25) is 0 Å². The number of carbonyl (C=O) groups excluding carboxylic acids is 1. The van der Waals surface area contributed by atoms with E-state index >= 15 is 0 Å². The van der Waals surface area contributed by atoms with Gasteiger partial charge >= 0.3 is 5.97 Å². The number of hydrogen-bond acceptors (Lipinski definition) is 6. The van der Waals surface area contributed by atoms with Gasteiger partial charge in [0.15, 0.2) is 0 Å². The van der Waals surface area contributed by atoms with Crippen molar-refractivity contribution in [2.45, 2.75) is 25.8 Å². The van der Waals surface area contributed by atoms with Gasteiger partial charge in [-0.3, -0.25) is 4.68 Å². The second kappa shape index (κ2) is 7.13. The molecule has 0 radical (unpaired) electrons. The summed E-state index contributed by atoms with van der Waals surface area (Å²) < 4.78 is 6.83. The molecule has 1 saturated heterocycles. The molecule has 1 aliphatic rings. The van der Waals surface area contributed by atoms with E-state index in [1.54, 1.807) is 25.4 Å². The lowest BCUT2D eigenvalue weighted by Gasteiger charge is -2.33. The van der Waals surface area contributed by atoms with E-state index in [0.29, 0.717) is 17.9 Å². The topological polar surface area (TPSA) is 84.0 Å². The fraction of sp³-hybridized carbons (Fsp3) is 0.412. The monoisotopic (exact) mass is 325 g/mol. The van der Waals surface area contributed by atoms with Crippen molar-refractivity contribution < 1.29 is 9.53 Å². The third kappa shape index (κ3) is 3.38. The average Bonchev–Trinajstić information content (AvgIpc) is 3.12. The standard InChI is InChI=1S/C17H19N5O2/c1-2-24-17(23)13-10-19-22(11-13)15-6-4-8-21(12-15)16-7-3-5-14(9-18)20-16/h3,5,7,10-11,15H,2,4,6,8,12H2,1H3/t15-/m0/s1. The minimum atomic E-state index is -0.347. The maximum atomic E-state index is 11.8. The molecule has 0 aliphatic carbocycles. The lowest BCUT2D eigenvalue weighted by molar-refractivity contribution is 0.0526. The van der Waals surface area contributed by atoms with Crippen LogP contribution in [0.1, 0.15) is 41.9 Å². The summed E-state index contributed by atoms with van der Waals surface area (Å²) in [7, 11) is 0. The maximum Gasteiger partial charge on any atom is 0.341 e. The van der Waals surface area contributed by atoms with E-state index in [1.807, 2.05) is 16.8 Å². The number of hydrogen-bond donors (Lipinski definition) is 0. The molecular weight excluding hydrogens is 306 g/mol. The summed E-state index contributed by atoms with van der Waals surface area (Å²) in [5.74, 6) is 0.455. The van der Waals surface area contributed by atoms with Gasteiger partial charge in [0, 0.05) is 19.3 Å². The van der Waals surface area contributed by atoms with Crippen LogP contribution >= 0.6 is 0 Å². The predicted octanol–water partition coefficient (Wildman–Crippen LogP) is 2.17. The van der Waals surface area contributed by atoms with Crippen molar-refractivity contribution in [2.75, 3.05) is 24.6 Å². The molecule has 1 aliphatic heterocycles. The molecule has 0 spiro atoms. The van der Waals surface area contributed by atoms with E-state index in [2.05, 4.69) is 21.1 Å². The first-order chi connectivity index (χ1) is 11.7. The van der Waals surface area contributed by atoms with Crippen molar-refractivity contribution in [3.63, 3.8) is 0 Å². The molecule has 24 heavy (non-hydrogen) atoms. The van der Waals surface area contributed by atoms with Crippen LogP contribution in [0, 0.1) is 11.3 Å². The van der Waals surface area contributed by atoms with Crippen LogP contribution in [0.15, 0.2) is 30.6 Å². The van der Waals surface area contributed by atoms with Gasteiger partial charge < -0.3 is 9.64 Å². The van der Waals surface area contributed by atoms with Crippen LogP contribution in [0.3, 0.4) is 0 Å². The highest BCUT2D eigenvalue weighted by Gasteiger charge is 2.24. The molecular formula is C17H19N5O2. The molecule has 7 nitrogen and oxygen atoms in total. The Morgan fingerprint density at radius 2 is 2.38 bits per heavy atom. The quantitative estimate of drug-likeness (QED) is 0.801. The van der Waals surface area contributed by atoms with Crippen molar-refractivity contribution in [1.82, 2.24) is 14.8 Å². The summed E-state index contributed by atoms with van der Waals surface area (Å²) in [4.78, 5) is 18.3. The van der Waals surface area contributed by atoms with Gasteiger partial charge in [0.05, 0.1) is 24.4 Å². The van der Waals surface area contributed by atoms with Crippen molar-refractivity contribution in [3.05, 3.63) is 41.9 Å². The number of pyridine rings is 1. The number of rotatable bonds is 4. The Balaban J connectivity index is 1.74. The molecule has 124 valence electrons. The molecule has 3 rings (SSSR count). The largest absolute Gasteiger partial charge is 0.462 e. The third-order valence-corrected chi connectivity index (χ3v) is 4.06. The van der Waals surface area contributed by atoms with Crippen molar-refractivity contribution in [3.8, 4) is 6.07 Å². The molecule has 1 atom stereocenters. The molecule has 0 bridgehead atoms. The number of nitrogens with zero attached hydrogens (tertiary/aromatic N) is 5. The van der Waals surface area contributed by atoms with Crippen LogP contribution in [0.4, 0.5) is 5.82 Å². The van der Waals surface area contributed by atoms with Crippen LogP contribution in [0.25, 0.3) is 0 Å². The normalized spacial score (nSPS) is 17.3. The Labute approximate surface area is 140 Å². The Morgan fingerprint density at radius 1 is 1.50 bits per heavy atom. The van der Waals surface area contributed by atoms with E-state index in [9.17, 15) is 4.79 Å². The van der Waals surface area contributed by atoms with Gasteiger partial charge in [-0.1, -0.05) is 6.07 Å². The first-order valence-corrected chi connectivity index (χ1v) is 8.04. The second-order valence-corrected chi connectivity index (χ2v) is 5.66. The highest BCUT2D eigenvalue weighted by Crippen LogP contribution is 2.25. The van der Waals surface area contributed by atoms with Crippen molar-refractivity contribution in [2.24, 2.45) is 0 Å². The van der Waals surface area contributed by atoms with Crippen LogP contribution in [-0.2, 0) is 4.74 Å². The number of esters is 1. The van der Waals surface area contributed by atoms with Crippen molar-refractivity contribution in [1.29, 1.82) is 5.26 Å². The maximum absolute atomic E-state index is 11.8. The van der Waals surface area contributed by atoms with E-state index < -0.39 is 0 Å². The smallest absolute Gasteiger partial charge is 0.341 e. The third-order valence-electron chi connectivity index (χ3n) is 4.06. The van der Waals surface area contributed by atoms with Crippen molar-refractivity contribution >= 4 is 11.8 Å². The molecule has 2 aromatic heterocycles. The zero-order valence-electron chi connectivity index (χ0n) is 13.6. The number of piperidine rings is 1. The molecule has 3 heterocycles. The molecule has 0 aromatic carbocycles. The predicted molar refractivity (Wildman–Crippen MR) is 87.6 cm³/mol. The Morgan fingerprint density at radius 3 is 3.17 bits per heavy atom. The Hall–Kier alpha value is -2.88. The number of carbonyl (C=O) groups is 1. The molecule has 1 fully saturated rings. The summed E-state index contributed by atoms with van der Waals surface area (Å²) in [6.45, 7) is 3.77. The van der Waals surface area contributed by atoms with E-state index in [4.69, 9.17) is 10.00 Å². The lowest BCUT2D eigenvalue weighted by atomic mass is 10.1. The SMILES string of the molecule is CCOC(=O)c1cnn([C@H]2CCCN(c3cccc(C#N)n3)C2)c1. The molecule has 0 unspecified atom stereocenters. The molecule has 0 saturated carbocycles. The fourth-order valence-corrected chi connectivity index (χ4v) is 2.90. The summed E-state index contributed by atoms with van der Waals surface area (Å²) in [5, 5.41) is 13.3. The van der Waals surface area contributed by atoms with Crippen LogP contribution in [-0.4, -0.2) is 40.4 Å². The van der Waals surface area contributed by atoms with Crippen LogP contribution < -0.4 is 4.90 Å². The average molecular weight is 325 g/mol. The van der Waals surface area contributed by atoms with Gasteiger partial charge in [-0.15, -0.1) is 0 Å². The van der Waals surface area contributed by atoms with Crippen LogP contribution in [0.5, 0.6) is 0 Å². The lowest BCUT2D eigenvalue weighted by Crippen LogP contribution is -2.37. The van der Waals surface area contributed by atoms with Gasteiger partial charge in [-0.2, -0.15) is 10.4 Å². The van der Waals surface area contributed by atoms with Gasteiger partial charge in [0.1, 0.15) is 17.6 Å². The first kappa shape index (κ1) is 16.0.